The molecule has 22 heavy (non-hydrogen) atoms. The fourth-order valence-corrected chi connectivity index (χ4v) is 3.39. The van der Waals surface area contributed by atoms with Crippen LogP contribution in [0.1, 0.15) is 31.2 Å². The van der Waals surface area contributed by atoms with Crippen molar-refractivity contribution in [2.45, 2.75) is 37.1 Å². The predicted molar refractivity (Wildman–Crippen MR) is 86.3 cm³/mol. The molecule has 1 aromatic rings. The van der Waals surface area contributed by atoms with Crippen molar-refractivity contribution < 1.29 is 9.18 Å². The highest BCUT2D eigenvalue weighted by Crippen LogP contribution is 2.26. The molecule has 1 aliphatic carbocycles. The van der Waals surface area contributed by atoms with Gasteiger partial charge in [0, 0.05) is 17.8 Å². The molecule has 1 atom stereocenters. The van der Waals surface area contributed by atoms with Gasteiger partial charge in [0.2, 0.25) is 0 Å². The molecule has 1 fully saturated rings. The van der Waals surface area contributed by atoms with E-state index in [4.69, 9.17) is 0 Å². The van der Waals surface area contributed by atoms with Gasteiger partial charge in [-0.15, -0.1) is 0 Å². The highest BCUT2D eigenvalue weighted by molar-refractivity contribution is 8.05. The molecule has 0 saturated heterocycles. The van der Waals surface area contributed by atoms with Gasteiger partial charge in [-0.3, -0.25) is 4.79 Å². The lowest BCUT2D eigenvalue weighted by Gasteiger charge is -2.11. The standard InChI is InChI=1S/C17H17FN2OS/c18-13-5-3-4-12(10-13)8-9-16-19-11-15(22-16)17(21)20-14-6-1-2-7-14/h3-5,10-11,14,16,19H,1-2,6-7H2,(H,20,21). The maximum atomic E-state index is 13.1. The number of amides is 1. The molecule has 114 valence electrons. The zero-order chi connectivity index (χ0) is 15.4. The number of hydrogen-bond acceptors (Lipinski definition) is 3. The highest BCUT2D eigenvalue weighted by Gasteiger charge is 2.24. The van der Waals surface area contributed by atoms with Crippen LogP contribution < -0.4 is 10.6 Å². The van der Waals surface area contributed by atoms with Crippen LogP contribution in [0.15, 0.2) is 35.4 Å². The first-order chi connectivity index (χ1) is 10.7. The molecule has 1 amide bonds. The van der Waals surface area contributed by atoms with Gasteiger partial charge < -0.3 is 10.6 Å². The van der Waals surface area contributed by atoms with E-state index in [0.29, 0.717) is 16.5 Å². The van der Waals surface area contributed by atoms with Crippen molar-refractivity contribution in [3.8, 4) is 11.8 Å². The van der Waals surface area contributed by atoms with Gasteiger partial charge in [-0.05, 0) is 31.0 Å². The van der Waals surface area contributed by atoms with Gasteiger partial charge in [0.1, 0.15) is 11.2 Å². The zero-order valence-electron chi connectivity index (χ0n) is 12.1. The molecule has 3 nitrogen and oxygen atoms in total. The molecule has 5 heteroatoms. The Morgan fingerprint density at radius 3 is 2.95 bits per heavy atom. The number of hydrogen-bond donors (Lipinski definition) is 2. The summed E-state index contributed by atoms with van der Waals surface area (Å²) < 4.78 is 13.1. The molecule has 1 heterocycles. The smallest absolute Gasteiger partial charge is 0.259 e. The quantitative estimate of drug-likeness (QED) is 0.824. The Labute approximate surface area is 133 Å². The van der Waals surface area contributed by atoms with Crippen LogP contribution in [0.5, 0.6) is 0 Å². The fourth-order valence-electron chi connectivity index (χ4n) is 2.58. The SMILES string of the molecule is O=C(NC1CCCC1)C1=CNC(C#Cc2cccc(F)c2)S1. The minimum atomic E-state index is -0.298. The average molecular weight is 316 g/mol. The van der Waals surface area contributed by atoms with Crippen LogP contribution in [-0.4, -0.2) is 17.3 Å². The number of thioether (sulfide) groups is 1. The number of halogens is 1. The topological polar surface area (TPSA) is 41.1 Å². The minimum absolute atomic E-state index is 0.0283. The third kappa shape index (κ3) is 3.83. The summed E-state index contributed by atoms with van der Waals surface area (Å²) in [6, 6.07) is 6.49. The van der Waals surface area contributed by atoms with Crippen molar-refractivity contribution in [2.24, 2.45) is 0 Å². The van der Waals surface area contributed by atoms with Gasteiger partial charge in [0.25, 0.3) is 5.91 Å². The first-order valence-electron chi connectivity index (χ1n) is 7.41. The molecule has 3 rings (SSSR count). The van der Waals surface area contributed by atoms with Gasteiger partial charge in [-0.2, -0.15) is 0 Å². The summed E-state index contributed by atoms with van der Waals surface area (Å²) in [5.74, 6) is 5.60. The van der Waals surface area contributed by atoms with Gasteiger partial charge in [0.05, 0.1) is 4.91 Å². The van der Waals surface area contributed by atoms with E-state index in [1.807, 2.05) is 0 Å². The second-order valence-corrected chi connectivity index (χ2v) is 6.55. The number of benzene rings is 1. The van der Waals surface area contributed by atoms with E-state index >= 15 is 0 Å². The Morgan fingerprint density at radius 2 is 2.18 bits per heavy atom. The van der Waals surface area contributed by atoms with E-state index in [0.717, 1.165) is 12.8 Å². The molecule has 1 aromatic carbocycles. The summed E-state index contributed by atoms with van der Waals surface area (Å²) in [6.45, 7) is 0. The summed E-state index contributed by atoms with van der Waals surface area (Å²) in [6.07, 6.45) is 6.23. The van der Waals surface area contributed by atoms with Gasteiger partial charge in [-0.25, -0.2) is 4.39 Å². The third-order valence-electron chi connectivity index (χ3n) is 3.70. The van der Waals surface area contributed by atoms with Crippen LogP contribution in [0, 0.1) is 17.7 Å². The van der Waals surface area contributed by atoms with Gasteiger partial charge in [0.15, 0.2) is 0 Å². The summed E-state index contributed by atoms with van der Waals surface area (Å²) in [5, 5.41) is 5.95. The number of nitrogens with one attached hydrogen (secondary N) is 2. The Kier molecular flexibility index (Phi) is 4.69. The number of carbonyl (C=O) groups is 1. The van der Waals surface area contributed by atoms with Crippen molar-refractivity contribution in [1.29, 1.82) is 0 Å². The lowest BCUT2D eigenvalue weighted by atomic mass is 10.2. The van der Waals surface area contributed by atoms with E-state index in [1.54, 1.807) is 18.3 Å². The van der Waals surface area contributed by atoms with Gasteiger partial charge in [-0.1, -0.05) is 42.5 Å². The van der Waals surface area contributed by atoms with Crippen molar-refractivity contribution in [1.82, 2.24) is 10.6 Å². The second-order valence-electron chi connectivity index (χ2n) is 5.41. The van der Waals surface area contributed by atoms with Crippen LogP contribution in [0.3, 0.4) is 0 Å². The van der Waals surface area contributed by atoms with Crippen molar-refractivity contribution in [3.63, 3.8) is 0 Å². The Bertz CT molecular complexity index is 656. The van der Waals surface area contributed by atoms with Crippen molar-refractivity contribution in [2.75, 3.05) is 0 Å². The van der Waals surface area contributed by atoms with E-state index in [2.05, 4.69) is 22.5 Å². The molecule has 1 saturated carbocycles. The van der Waals surface area contributed by atoms with Crippen LogP contribution >= 0.6 is 11.8 Å². The van der Waals surface area contributed by atoms with Crippen molar-refractivity contribution in [3.05, 3.63) is 46.8 Å². The van der Waals surface area contributed by atoms with E-state index in [9.17, 15) is 9.18 Å². The molecule has 0 aromatic heterocycles. The fraction of sp³-hybridized carbons (Fsp3) is 0.353. The average Bonchev–Trinajstić information content (AvgIpc) is 3.16. The van der Waals surface area contributed by atoms with Crippen LogP contribution in [0.4, 0.5) is 4.39 Å². The molecule has 0 bridgehead atoms. The Hall–Kier alpha value is -1.93. The van der Waals surface area contributed by atoms with Gasteiger partial charge >= 0.3 is 0 Å². The monoisotopic (exact) mass is 316 g/mol. The first kappa shape index (κ1) is 15.0. The number of rotatable bonds is 2. The predicted octanol–water partition coefficient (Wildman–Crippen LogP) is 2.74. The lowest BCUT2D eigenvalue weighted by Crippen LogP contribution is -2.32. The molecular formula is C17H17FN2OS. The Balaban J connectivity index is 1.54. The molecule has 2 N–H and O–H groups in total. The van der Waals surface area contributed by atoms with E-state index in [-0.39, 0.29) is 17.1 Å². The molecule has 0 radical (unpaired) electrons. The maximum absolute atomic E-state index is 13.1. The number of carbonyl (C=O) groups excluding carboxylic acids is 1. The first-order valence-corrected chi connectivity index (χ1v) is 8.29. The largest absolute Gasteiger partial charge is 0.368 e. The maximum Gasteiger partial charge on any atom is 0.259 e. The highest BCUT2D eigenvalue weighted by atomic mass is 32.2. The van der Waals surface area contributed by atoms with Crippen LogP contribution in [-0.2, 0) is 4.79 Å². The summed E-state index contributed by atoms with van der Waals surface area (Å²) in [5.41, 5.74) is 0.631. The minimum Gasteiger partial charge on any atom is -0.368 e. The molecule has 1 unspecified atom stereocenters. The normalized spacial score (nSPS) is 20.8. The lowest BCUT2D eigenvalue weighted by molar-refractivity contribution is -0.117. The molecule has 0 spiro atoms. The summed E-state index contributed by atoms with van der Waals surface area (Å²) >= 11 is 1.40. The Morgan fingerprint density at radius 1 is 1.36 bits per heavy atom. The van der Waals surface area contributed by atoms with Crippen molar-refractivity contribution >= 4 is 17.7 Å². The summed E-state index contributed by atoms with van der Waals surface area (Å²) in [7, 11) is 0. The van der Waals surface area contributed by atoms with E-state index in [1.165, 1.54) is 36.7 Å². The molecule has 1 aliphatic heterocycles. The molecule has 2 aliphatic rings. The second kappa shape index (κ2) is 6.89. The van der Waals surface area contributed by atoms with E-state index < -0.39 is 0 Å². The van der Waals surface area contributed by atoms with Crippen LogP contribution in [0.25, 0.3) is 0 Å². The third-order valence-corrected chi connectivity index (χ3v) is 4.74. The van der Waals surface area contributed by atoms with Crippen LogP contribution in [0.2, 0.25) is 0 Å². The summed E-state index contributed by atoms with van der Waals surface area (Å²) in [4.78, 5) is 12.8. The molecular weight excluding hydrogens is 299 g/mol. The zero-order valence-corrected chi connectivity index (χ0v) is 12.9.